The van der Waals surface area contributed by atoms with E-state index in [0.29, 0.717) is 5.92 Å². The first-order chi connectivity index (χ1) is 7.70. The summed E-state index contributed by atoms with van der Waals surface area (Å²) < 4.78 is 1.35. The minimum Gasteiger partial charge on any atom is -0.396 e. The van der Waals surface area contributed by atoms with E-state index in [0.717, 1.165) is 31.7 Å². The zero-order valence-corrected chi connectivity index (χ0v) is 9.46. The Morgan fingerprint density at radius 1 is 1.44 bits per heavy atom. The number of aromatic nitrogens is 2. The van der Waals surface area contributed by atoms with Gasteiger partial charge in [0.15, 0.2) is 0 Å². The molecule has 88 valence electrons. The average Bonchev–Trinajstić information content (AvgIpc) is 2.33. The molecule has 0 aromatic carbocycles. The Kier molecular flexibility index (Phi) is 3.24. The molecular weight excluding hydrogens is 206 g/mol. The van der Waals surface area contributed by atoms with Crippen LogP contribution >= 0.6 is 0 Å². The number of piperidine rings is 1. The molecule has 5 heteroatoms. The fraction of sp³-hybridized carbons (Fsp3) is 0.636. The highest BCUT2D eigenvalue weighted by molar-refractivity contribution is 5.36. The molecular formula is C11H17N3O2. The third-order valence-electron chi connectivity index (χ3n) is 3.14. The van der Waals surface area contributed by atoms with Crippen molar-refractivity contribution in [2.45, 2.75) is 12.8 Å². The van der Waals surface area contributed by atoms with Crippen LogP contribution in [-0.4, -0.2) is 34.6 Å². The second-order valence-electron chi connectivity index (χ2n) is 4.27. The lowest BCUT2D eigenvalue weighted by molar-refractivity contribution is 0.202. The monoisotopic (exact) mass is 223 g/mol. The number of hydrogen-bond donors (Lipinski definition) is 1. The average molecular weight is 223 g/mol. The maximum absolute atomic E-state index is 11.2. The van der Waals surface area contributed by atoms with E-state index in [9.17, 15) is 4.79 Å². The number of aliphatic hydroxyl groups is 1. The predicted molar refractivity (Wildman–Crippen MR) is 61.5 cm³/mol. The number of rotatable bonds is 2. The minimum atomic E-state index is -0.0889. The minimum absolute atomic E-state index is 0.0889. The summed E-state index contributed by atoms with van der Waals surface area (Å²) in [4.78, 5) is 13.4. The second kappa shape index (κ2) is 4.65. The molecule has 16 heavy (non-hydrogen) atoms. The van der Waals surface area contributed by atoms with Crippen molar-refractivity contribution >= 4 is 5.82 Å². The topological polar surface area (TPSA) is 58.4 Å². The summed E-state index contributed by atoms with van der Waals surface area (Å²) in [5, 5.41) is 13.3. The molecule has 1 N–H and O–H groups in total. The van der Waals surface area contributed by atoms with E-state index in [1.54, 1.807) is 19.2 Å². The molecule has 0 amide bonds. The molecule has 2 rings (SSSR count). The van der Waals surface area contributed by atoms with Gasteiger partial charge in [-0.25, -0.2) is 4.68 Å². The Morgan fingerprint density at radius 3 is 2.69 bits per heavy atom. The highest BCUT2D eigenvalue weighted by Gasteiger charge is 2.19. The van der Waals surface area contributed by atoms with Crippen molar-refractivity contribution in [1.82, 2.24) is 9.78 Å². The standard InChI is InChI=1S/C11H17N3O2/c1-13-11(16)3-2-10(12-13)14-6-4-9(8-15)5-7-14/h2-3,9,15H,4-8H2,1H3. The summed E-state index contributed by atoms with van der Waals surface area (Å²) in [7, 11) is 1.66. The molecule has 0 spiro atoms. The molecule has 0 radical (unpaired) electrons. The Morgan fingerprint density at radius 2 is 2.12 bits per heavy atom. The van der Waals surface area contributed by atoms with Crippen LogP contribution in [0.5, 0.6) is 0 Å². The molecule has 1 aromatic rings. The van der Waals surface area contributed by atoms with Crippen molar-refractivity contribution in [1.29, 1.82) is 0 Å². The van der Waals surface area contributed by atoms with Crippen LogP contribution in [-0.2, 0) is 7.05 Å². The second-order valence-corrected chi connectivity index (χ2v) is 4.27. The van der Waals surface area contributed by atoms with Gasteiger partial charge in [-0.1, -0.05) is 0 Å². The molecule has 0 saturated carbocycles. The molecule has 1 aliphatic rings. The largest absolute Gasteiger partial charge is 0.396 e. The fourth-order valence-corrected chi connectivity index (χ4v) is 2.00. The van der Waals surface area contributed by atoms with Crippen molar-refractivity contribution in [3.63, 3.8) is 0 Å². The molecule has 1 saturated heterocycles. The zero-order valence-electron chi connectivity index (χ0n) is 9.46. The van der Waals surface area contributed by atoms with Crippen LogP contribution in [0, 0.1) is 5.92 Å². The summed E-state index contributed by atoms with van der Waals surface area (Å²) in [6.07, 6.45) is 1.97. The Balaban J connectivity index is 2.08. The van der Waals surface area contributed by atoms with Crippen molar-refractivity contribution in [2.24, 2.45) is 13.0 Å². The van der Waals surface area contributed by atoms with Gasteiger partial charge in [0.25, 0.3) is 5.56 Å². The van der Waals surface area contributed by atoms with Gasteiger partial charge in [-0.15, -0.1) is 0 Å². The van der Waals surface area contributed by atoms with Gasteiger partial charge in [0, 0.05) is 32.8 Å². The van der Waals surface area contributed by atoms with Crippen molar-refractivity contribution in [3.8, 4) is 0 Å². The fourth-order valence-electron chi connectivity index (χ4n) is 2.00. The predicted octanol–water partition coefficient (Wildman–Crippen LogP) is -0.0110. The van der Waals surface area contributed by atoms with Crippen LogP contribution in [0.3, 0.4) is 0 Å². The van der Waals surface area contributed by atoms with Crippen molar-refractivity contribution < 1.29 is 5.11 Å². The van der Waals surface area contributed by atoms with E-state index in [-0.39, 0.29) is 12.2 Å². The van der Waals surface area contributed by atoms with Gasteiger partial charge in [-0.3, -0.25) is 4.79 Å². The molecule has 2 heterocycles. The van der Waals surface area contributed by atoms with Crippen LogP contribution in [0.4, 0.5) is 5.82 Å². The Labute approximate surface area is 94.3 Å². The molecule has 1 aliphatic heterocycles. The van der Waals surface area contributed by atoms with Crippen LogP contribution in [0.1, 0.15) is 12.8 Å². The van der Waals surface area contributed by atoms with Crippen molar-refractivity contribution in [2.75, 3.05) is 24.6 Å². The molecule has 1 fully saturated rings. The highest BCUT2D eigenvalue weighted by Crippen LogP contribution is 2.20. The third kappa shape index (κ3) is 2.24. The van der Waals surface area contributed by atoms with Gasteiger partial charge in [0.1, 0.15) is 5.82 Å². The van der Waals surface area contributed by atoms with Crippen LogP contribution in [0.25, 0.3) is 0 Å². The normalized spacial score (nSPS) is 17.8. The van der Waals surface area contributed by atoms with Gasteiger partial charge in [0.05, 0.1) is 0 Å². The Hall–Kier alpha value is -1.36. The summed E-state index contributed by atoms with van der Waals surface area (Å²) in [5.74, 6) is 1.27. The molecule has 5 nitrogen and oxygen atoms in total. The van der Waals surface area contributed by atoms with E-state index in [2.05, 4.69) is 10.00 Å². The zero-order chi connectivity index (χ0) is 11.5. The quantitative estimate of drug-likeness (QED) is 0.766. The van der Waals surface area contributed by atoms with Gasteiger partial charge >= 0.3 is 0 Å². The van der Waals surface area contributed by atoms with Gasteiger partial charge in [0.2, 0.25) is 0 Å². The smallest absolute Gasteiger partial charge is 0.266 e. The maximum Gasteiger partial charge on any atom is 0.266 e. The maximum atomic E-state index is 11.2. The number of nitrogens with zero attached hydrogens (tertiary/aromatic N) is 3. The summed E-state index contributed by atoms with van der Waals surface area (Å²) in [6, 6.07) is 3.31. The first-order valence-electron chi connectivity index (χ1n) is 5.61. The first kappa shape index (κ1) is 11.1. The first-order valence-corrected chi connectivity index (χ1v) is 5.61. The summed E-state index contributed by atoms with van der Waals surface area (Å²) >= 11 is 0. The lowest BCUT2D eigenvalue weighted by Crippen LogP contribution is -2.36. The Bertz CT molecular complexity index is 408. The van der Waals surface area contributed by atoms with E-state index in [4.69, 9.17) is 5.11 Å². The number of aliphatic hydroxyl groups excluding tert-OH is 1. The van der Waals surface area contributed by atoms with E-state index in [1.165, 1.54) is 4.68 Å². The lowest BCUT2D eigenvalue weighted by atomic mass is 9.98. The lowest BCUT2D eigenvalue weighted by Gasteiger charge is -2.31. The molecule has 0 aliphatic carbocycles. The van der Waals surface area contributed by atoms with Gasteiger partial charge in [-0.2, -0.15) is 5.10 Å². The molecule has 1 aromatic heterocycles. The third-order valence-corrected chi connectivity index (χ3v) is 3.14. The van der Waals surface area contributed by atoms with E-state index >= 15 is 0 Å². The van der Waals surface area contributed by atoms with E-state index < -0.39 is 0 Å². The van der Waals surface area contributed by atoms with E-state index in [1.807, 2.05) is 0 Å². The van der Waals surface area contributed by atoms with Crippen LogP contribution in [0.2, 0.25) is 0 Å². The SMILES string of the molecule is Cn1nc(N2CCC(CO)CC2)ccc1=O. The number of anilines is 1. The van der Waals surface area contributed by atoms with Crippen molar-refractivity contribution in [3.05, 3.63) is 22.5 Å². The molecule has 0 atom stereocenters. The summed E-state index contributed by atoms with van der Waals surface area (Å²) in [5.41, 5.74) is -0.0889. The number of hydrogen-bond acceptors (Lipinski definition) is 4. The summed E-state index contributed by atoms with van der Waals surface area (Å²) in [6.45, 7) is 2.07. The van der Waals surface area contributed by atoms with Crippen LogP contribution in [0.15, 0.2) is 16.9 Å². The molecule has 0 bridgehead atoms. The van der Waals surface area contributed by atoms with Gasteiger partial charge < -0.3 is 10.0 Å². The van der Waals surface area contributed by atoms with Gasteiger partial charge in [-0.05, 0) is 24.8 Å². The molecule has 0 unspecified atom stereocenters. The number of aryl methyl sites for hydroxylation is 1. The highest BCUT2D eigenvalue weighted by atomic mass is 16.3. The van der Waals surface area contributed by atoms with Crippen LogP contribution < -0.4 is 10.5 Å².